The van der Waals surface area contributed by atoms with Crippen LogP contribution in [0.15, 0.2) is 48.7 Å². The summed E-state index contributed by atoms with van der Waals surface area (Å²) in [6.07, 6.45) is 2.87. The molecule has 1 aromatic heterocycles. The third-order valence-electron chi connectivity index (χ3n) is 4.72. The Morgan fingerprint density at radius 3 is 2.70 bits per heavy atom. The largest absolute Gasteiger partial charge is 0.473 e. The molecule has 0 saturated carbocycles. The standard InChI is InChI=1S/C20H17ClFN3O2/c21-16-6-3-7-17(22)18(16)20(26)25-10-8-14(9-11-25)27-19-15-5-2-1-4-13(15)12-23-24-19/h1-7,12,14H,8-11H2. The van der Waals surface area contributed by atoms with Crippen LogP contribution in [0.1, 0.15) is 23.2 Å². The smallest absolute Gasteiger partial charge is 0.258 e. The quantitative estimate of drug-likeness (QED) is 0.681. The van der Waals surface area contributed by atoms with Crippen molar-refractivity contribution in [3.63, 3.8) is 0 Å². The molecule has 1 aliphatic heterocycles. The van der Waals surface area contributed by atoms with Crippen molar-refractivity contribution in [1.29, 1.82) is 0 Å². The minimum absolute atomic E-state index is 0.0709. The number of carbonyl (C=O) groups excluding carboxylic acids is 1. The van der Waals surface area contributed by atoms with E-state index in [2.05, 4.69) is 10.2 Å². The van der Waals surface area contributed by atoms with E-state index in [9.17, 15) is 9.18 Å². The summed E-state index contributed by atoms with van der Waals surface area (Å²) in [4.78, 5) is 14.2. The van der Waals surface area contributed by atoms with Gasteiger partial charge in [0.15, 0.2) is 0 Å². The maximum atomic E-state index is 14.0. The van der Waals surface area contributed by atoms with E-state index in [1.165, 1.54) is 18.2 Å². The summed E-state index contributed by atoms with van der Waals surface area (Å²) in [5, 5.41) is 10.1. The van der Waals surface area contributed by atoms with Crippen molar-refractivity contribution < 1.29 is 13.9 Å². The van der Waals surface area contributed by atoms with E-state index in [1.54, 1.807) is 11.1 Å². The average Bonchev–Trinajstić information content (AvgIpc) is 2.69. The number of ether oxygens (including phenoxy) is 1. The van der Waals surface area contributed by atoms with Gasteiger partial charge in [0.25, 0.3) is 5.91 Å². The van der Waals surface area contributed by atoms with E-state index in [0.717, 1.165) is 10.8 Å². The number of fused-ring (bicyclic) bond motifs is 1. The predicted octanol–water partition coefficient (Wildman–Crippen LogP) is 4.11. The molecule has 138 valence electrons. The molecule has 1 aliphatic rings. The molecule has 0 bridgehead atoms. The van der Waals surface area contributed by atoms with Crippen molar-refractivity contribution in [3.8, 4) is 5.88 Å². The van der Waals surface area contributed by atoms with Gasteiger partial charge in [-0.1, -0.05) is 35.9 Å². The molecule has 0 atom stereocenters. The van der Waals surface area contributed by atoms with Crippen molar-refractivity contribution in [2.75, 3.05) is 13.1 Å². The molecule has 0 aliphatic carbocycles. The summed E-state index contributed by atoms with van der Waals surface area (Å²) in [5.41, 5.74) is -0.0709. The zero-order valence-corrected chi connectivity index (χ0v) is 15.2. The van der Waals surface area contributed by atoms with E-state index >= 15 is 0 Å². The molecule has 0 N–H and O–H groups in total. The molecule has 3 aromatic rings. The number of halogens is 2. The average molecular weight is 386 g/mol. The van der Waals surface area contributed by atoms with Crippen LogP contribution in [-0.4, -0.2) is 40.2 Å². The summed E-state index contributed by atoms with van der Waals surface area (Å²) in [6, 6.07) is 12.0. The van der Waals surface area contributed by atoms with Crippen LogP contribution in [0.4, 0.5) is 4.39 Å². The number of aromatic nitrogens is 2. The number of amides is 1. The highest BCUT2D eigenvalue weighted by atomic mass is 35.5. The molecule has 1 saturated heterocycles. The number of likely N-dealkylation sites (tertiary alicyclic amines) is 1. The molecule has 1 fully saturated rings. The van der Waals surface area contributed by atoms with Gasteiger partial charge in [0.1, 0.15) is 11.9 Å². The Kier molecular flexibility index (Phi) is 4.90. The van der Waals surface area contributed by atoms with E-state index in [1.807, 2.05) is 24.3 Å². The summed E-state index contributed by atoms with van der Waals surface area (Å²) in [5.74, 6) is -0.492. The van der Waals surface area contributed by atoms with Gasteiger partial charge in [-0.25, -0.2) is 4.39 Å². The van der Waals surface area contributed by atoms with Gasteiger partial charge in [0.05, 0.1) is 16.8 Å². The Morgan fingerprint density at radius 2 is 1.93 bits per heavy atom. The normalized spacial score (nSPS) is 15.1. The summed E-state index contributed by atoms with van der Waals surface area (Å²) in [6.45, 7) is 0.929. The van der Waals surface area contributed by atoms with Crippen LogP contribution in [-0.2, 0) is 0 Å². The van der Waals surface area contributed by atoms with Crippen molar-refractivity contribution in [1.82, 2.24) is 15.1 Å². The second-order valence-electron chi connectivity index (χ2n) is 6.44. The van der Waals surface area contributed by atoms with E-state index in [4.69, 9.17) is 16.3 Å². The first-order chi connectivity index (χ1) is 13.1. The first kappa shape index (κ1) is 17.7. The zero-order valence-electron chi connectivity index (χ0n) is 14.4. The van der Waals surface area contributed by atoms with Crippen LogP contribution in [0, 0.1) is 5.82 Å². The van der Waals surface area contributed by atoms with Crippen LogP contribution >= 0.6 is 11.6 Å². The molecular formula is C20H17ClFN3O2. The summed E-state index contributed by atoms with van der Waals surface area (Å²) < 4.78 is 20.0. The fourth-order valence-electron chi connectivity index (χ4n) is 3.28. The molecule has 4 rings (SSSR count). The molecule has 0 spiro atoms. The first-order valence-electron chi connectivity index (χ1n) is 8.74. The molecule has 5 nitrogen and oxygen atoms in total. The van der Waals surface area contributed by atoms with Gasteiger partial charge in [-0.2, -0.15) is 5.10 Å². The van der Waals surface area contributed by atoms with Crippen molar-refractivity contribution in [2.45, 2.75) is 18.9 Å². The van der Waals surface area contributed by atoms with Crippen LogP contribution < -0.4 is 4.74 Å². The Balaban J connectivity index is 1.44. The Labute approximate surface area is 160 Å². The van der Waals surface area contributed by atoms with Gasteiger partial charge in [0, 0.05) is 36.7 Å². The number of benzene rings is 2. The van der Waals surface area contributed by atoms with E-state index in [0.29, 0.717) is 31.8 Å². The maximum absolute atomic E-state index is 14.0. The minimum Gasteiger partial charge on any atom is -0.473 e. The number of rotatable bonds is 3. The van der Waals surface area contributed by atoms with Gasteiger partial charge in [-0.3, -0.25) is 4.79 Å². The lowest BCUT2D eigenvalue weighted by Crippen LogP contribution is -2.42. The highest BCUT2D eigenvalue weighted by Crippen LogP contribution is 2.26. The maximum Gasteiger partial charge on any atom is 0.258 e. The fraction of sp³-hybridized carbons (Fsp3) is 0.250. The monoisotopic (exact) mass is 385 g/mol. The zero-order chi connectivity index (χ0) is 18.8. The third-order valence-corrected chi connectivity index (χ3v) is 5.04. The molecular weight excluding hydrogens is 369 g/mol. The van der Waals surface area contributed by atoms with E-state index < -0.39 is 5.82 Å². The molecule has 2 heterocycles. The Bertz CT molecular complexity index is 964. The molecule has 27 heavy (non-hydrogen) atoms. The van der Waals surface area contributed by atoms with Crippen molar-refractivity contribution in [3.05, 3.63) is 65.1 Å². The van der Waals surface area contributed by atoms with E-state index in [-0.39, 0.29) is 22.6 Å². The SMILES string of the molecule is O=C(c1c(F)cccc1Cl)N1CCC(Oc2nncc3ccccc23)CC1. The lowest BCUT2D eigenvalue weighted by molar-refractivity contribution is 0.0585. The number of carbonyl (C=O) groups is 1. The second kappa shape index (κ2) is 7.48. The molecule has 0 unspecified atom stereocenters. The summed E-state index contributed by atoms with van der Waals surface area (Å²) in [7, 11) is 0. The number of hydrogen-bond acceptors (Lipinski definition) is 4. The molecule has 7 heteroatoms. The van der Waals surface area contributed by atoms with Gasteiger partial charge >= 0.3 is 0 Å². The van der Waals surface area contributed by atoms with Crippen LogP contribution in [0.25, 0.3) is 10.8 Å². The van der Waals surface area contributed by atoms with Crippen LogP contribution in [0.3, 0.4) is 0 Å². The predicted molar refractivity (Wildman–Crippen MR) is 101 cm³/mol. The molecule has 1 amide bonds. The number of nitrogens with zero attached hydrogens (tertiary/aromatic N) is 3. The highest BCUT2D eigenvalue weighted by Gasteiger charge is 2.28. The topological polar surface area (TPSA) is 55.3 Å². The second-order valence-corrected chi connectivity index (χ2v) is 6.85. The number of piperidine rings is 1. The Hall–Kier alpha value is -2.73. The van der Waals surface area contributed by atoms with Gasteiger partial charge in [-0.15, -0.1) is 5.10 Å². The minimum atomic E-state index is -0.600. The van der Waals surface area contributed by atoms with Gasteiger partial charge in [0.2, 0.25) is 5.88 Å². The molecule has 0 radical (unpaired) electrons. The summed E-state index contributed by atoms with van der Waals surface area (Å²) >= 11 is 6.01. The van der Waals surface area contributed by atoms with Crippen molar-refractivity contribution in [2.24, 2.45) is 0 Å². The number of hydrogen-bond donors (Lipinski definition) is 0. The third kappa shape index (κ3) is 3.57. The lowest BCUT2D eigenvalue weighted by atomic mass is 10.1. The van der Waals surface area contributed by atoms with Crippen molar-refractivity contribution >= 4 is 28.3 Å². The van der Waals surface area contributed by atoms with Gasteiger partial charge in [-0.05, 0) is 18.2 Å². The van der Waals surface area contributed by atoms with Crippen LogP contribution in [0.2, 0.25) is 5.02 Å². The van der Waals surface area contributed by atoms with Gasteiger partial charge < -0.3 is 9.64 Å². The fourth-order valence-corrected chi connectivity index (χ4v) is 3.53. The van der Waals surface area contributed by atoms with Crippen LogP contribution in [0.5, 0.6) is 5.88 Å². The lowest BCUT2D eigenvalue weighted by Gasteiger charge is -2.32. The molecule has 2 aromatic carbocycles. The first-order valence-corrected chi connectivity index (χ1v) is 9.11. The highest BCUT2D eigenvalue weighted by molar-refractivity contribution is 6.33. The Morgan fingerprint density at radius 1 is 1.15 bits per heavy atom.